The lowest BCUT2D eigenvalue weighted by atomic mass is 10.2. The summed E-state index contributed by atoms with van der Waals surface area (Å²) in [5.41, 5.74) is 1.39. The van der Waals surface area contributed by atoms with E-state index in [0.29, 0.717) is 10.7 Å². The van der Waals surface area contributed by atoms with Crippen molar-refractivity contribution in [2.45, 2.75) is 19.2 Å². The number of anilines is 1. The van der Waals surface area contributed by atoms with Crippen LogP contribution in [0.3, 0.4) is 0 Å². The molecule has 1 aromatic rings. The van der Waals surface area contributed by atoms with Crippen LogP contribution in [0.15, 0.2) is 18.2 Å². The van der Waals surface area contributed by atoms with Gasteiger partial charge in [0.05, 0.1) is 0 Å². The molecule has 0 radical (unpaired) electrons. The molecule has 1 aromatic carbocycles. The van der Waals surface area contributed by atoms with Gasteiger partial charge in [-0.1, -0.05) is 17.7 Å². The Morgan fingerprint density at radius 3 is 2.59 bits per heavy atom. The number of benzene rings is 1. The Bertz CT molecular complexity index is 447. The molecule has 1 rings (SSSR count). The largest absolute Gasteiger partial charge is 0.325 e. The van der Waals surface area contributed by atoms with Gasteiger partial charge in [0.1, 0.15) is 5.38 Å². The molecule has 0 aliphatic rings. The molecule has 0 bridgehead atoms. The van der Waals surface area contributed by atoms with Crippen LogP contribution in [-0.2, 0) is 4.79 Å². The Morgan fingerprint density at radius 1 is 1.35 bits per heavy atom. The highest BCUT2D eigenvalue weighted by molar-refractivity contribution is 6.32. The number of hydrogen-bond donors (Lipinski definition) is 2. The van der Waals surface area contributed by atoms with Crippen LogP contribution in [0.1, 0.15) is 12.5 Å². The Morgan fingerprint density at radius 2 is 2.00 bits per heavy atom. The standard InChI is InChI=1S/C11H12Cl2N2O2/c1-6-3-4-8(13)5-9(6)14-11(17)15-10(16)7(2)12/h3-5,7H,1-2H3,(H2,14,15,16,17). The van der Waals surface area contributed by atoms with Gasteiger partial charge in [0.25, 0.3) is 0 Å². The minimum absolute atomic E-state index is 0.503. The van der Waals surface area contributed by atoms with Gasteiger partial charge in [-0.15, -0.1) is 11.6 Å². The summed E-state index contributed by atoms with van der Waals surface area (Å²) in [4.78, 5) is 22.6. The molecule has 0 fully saturated rings. The van der Waals surface area contributed by atoms with Crippen LogP contribution in [0.25, 0.3) is 0 Å². The molecule has 17 heavy (non-hydrogen) atoms. The molecule has 0 saturated carbocycles. The summed E-state index contributed by atoms with van der Waals surface area (Å²) in [5, 5.41) is 4.37. The van der Waals surface area contributed by atoms with Crippen molar-refractivity contribution < 1.29 is 9.59 Å². The zero-order valence-corrected chi connectivity index (χ0v) is 10.9. The molecule has 1 unspecified atom stereocenters. The fourth-order valence-electron chi connectivity index (χ4n) is 1.09. The van der Waals surface area contributed by atoms with Crippen LogP contribution < -0.4 is 10.6 Å². The van der Waals surface area contributed by atoms with Gasteiger partial charge in [-0.2, -0.15) is 0 Å². The van der Waals surface area contributed by atoms with Gasteiger partial charge < -0.3 is 5.32 Å². The van der Waals surface area contributed by atoms with Crippen molar-refractivity contribution in [3.05, 3.63) is 28.8 Å². The predicted octanol–water partition coefficient (Wildman–Crippen LogP) is 2.92. The highest BCUT2D eigenvalue weighted by Crippen LogP contribution is 2.19. The monoisotopic (exact) mass is 274 g/mol. The van der Waals surface area contributed by atoms with Gasteiger partial charge in [0.2, 0.25) is 5.91 Å². The number of halogens is 2. The summed E-state index contributed by atoms with van der Waals surface area (Å²) in [5.74, 6) is -0.552. The molecule has 0 aromatic heterocycles. The number of aryl methyl sites for hydroxylation is 1. The third-order valence-corrected chi connectivity index (χ3v) is 2.48. The van der Waals surface area contributed by atoms with E-state index in [1.165, 1.54) is 6.92 Å². The molecule has 0 spiro atoms. The zero-order chi connectivity index (χ0) is 13.0. The Hall–Kier alpha value is -1.26. The second-order valence-corrected chi connectivity index (χ2v) is 4.61. The van der Waals surface area contributed by atoms with Crippen molar-refractivity contribution in [3.63, 3.8) is 0 Å². The Labute approximate surface area is 109 Å². The molecule has 0 aliphatic heterocycles. The molecule has 4 nitrogen and oxygen atoms in total. The highest BCUT2D eigenvalue weighted by Gasteiger charge is 2.13. The maximum atomic E-state index is 11.4. The Balaban J connectivity index is 2.68. The van der Waals surface area contributed by atoms with Crippen molar-refractivity contribution in [2.24, 2.45) is 0 Å². The summed E-state index contributed by atoms with van der Waals surface area (Å²) >= 11 is 11.3. The first-order chi connectivity index (χ1) is 7.90. The minimum atomic E-state index is -0.763. The fourth-order valence-corrected chi connectivity index (χ4v) is 1.32. The maximum Gasteiger partial charge on any atom is 0.325 e. The van der Waals surface area contributed by atoms with E-state index in [-0.39, 0.29) is 0 Å². The third-order valence-electron chi connectivity index (χ3n) is 2.05. The lowest BCUT2D eigenvalue weighted by Crippen LogP contribution is -2.38. The van der Waals surface area contributed by atoms with Gasteiger partial charge >= 0.3 is 6.03 Å². The van der Waals surface area contributed by atoms with Crippen molar-refractivity contribution >= 4 is 40.8 Å². The van der Waals surface area contributed by atoms with Crippen molar-refractivity contribution in [2.75, 3.05) is 5.32 Å². The fraction of sp³-hybridized carbons (Fsp3) is 0.273. The SMILES string of the molecule is Cc1ccc(Cl)cc1NC(=O)NC(=O)C(C)Cl. The number of nitrogens with one attached hydrogen (secondary N) is 2. The topological polar surface area (TPSA) is 58.2 Å². The summed E-state index contributed by atoms with van der Waals surface area (Å²) in [7, 11) is 0. The molecule has 0 aliphatic carbocycles. The minimum Gasteiger partial charge on any atom is -0.307 e. The van der Waals surface area contributed by atoms with E-state index in [0.717, 1.165) is 5.56 Å². The summed E-state index contributed by atoms with van der Waals surface area (Å²) in [6.45, 7) is 3.30. The molecule has 1 atom stereocenters. The van der Waals surface area contributed by atoms with Crippen LogP contribution >= 0.6 is 23.2 Å². The quantitative estimate of drug-likeness (QED) is 0.815. The van der Waals surface area contributed by atoms with Crippen molar-refractivity contribution in [1.29, 1.82) is 0 Å². The summed E-state index contributed by atoms with van der Waals surface area (Å²) < 4.78 is 0. The van der Waals surface area contributed by atoms with Crippen LogP contribution in [-0.4, -0.2) is 17.3 Å². The number of imide groups is 1. The molecule has 0 heterocycles. The number of carbonyl (C=O) groups excluding carboxylic acids is 2. The Kier molecular flexibility index (Phi) is 4.78. The van der Waals surface area contributed by atoms with E-state index in [4.69, 9.17) is 23.2 Å². The molecule has 6 heteroatoms. The van der Waals surface area contributed by atoms with E-state index in [1.807, 2.05) is 6.92 Å². The molecule has 2 N–H and O–H groups in total. The highest BCUT2D eigenvalue weighted by atomic mass is 35.5. The van der Waals surface area contributed by atoms with Gasteiger partial charge in [-0.3, -0.25) is 10.1 Å². The first-order valence-corrected chi connectivity index (χ1v) is 5.73. The number of rotatable bonds is 2. The van der Waals surface area contributed by atoms with Gasteiger partial charge in [0, 0.05) is 10.7 Å². The molecule has 0 saturated heterocycles. The predicted molar refractivity (Wildman–Crippen MR) is 68.7 cm³/mol. The molecular formula is C11H12Cl2N2O2. The molecular weight excluding hydrogens is 263 g/mol. The van der Waals surface area contributed by atoms with E-state index in [1.54, 1.807) is 18.2 Å². The van der Waals surface area contributed by atoms with Crippen LogP contribution in [0, 0.1) is 6.92 Å². The number of alkyl halides is 1. The van der Waals surface area contributed by atoms with E-state index < -0.39 is 17.3 Å². The average Bonchev–Trinajstić information content (AvgIpc) is 2.23. The average molecular weight is 275 g/mol. The maximum absolute atomic E-state index is 11.4. The second kappa shape index (κ2) is 5.89. The van der Waals surface area contributed by atoms with Crippen LogP contribution in [0.4, 0.5) is 10.5 Å². The van der Waals surface area contributed by atoms with Crippen molar-refractivity contribution in [3.8, 4) is 0 Å². The number of hydrogen-bond acceptors (Lipinski definition) is 2. The zero-order valence-electron chi connectivity index (χ0n) is 9.38. The van der Waals surface area contributed by atoms with Gasteiger partial charge in [0.15, 0.2) is 0 Å². The van der Waals surface area contributed by atoms with E-state index >= 15 is 0 Å². The summed E-state index contributed by atoms with van der Waals surface area (Å²) in [6.07, 6.45) is 0. The number of carbonyl (C=O) groups is 2. The van der Waals surface area contributed by atoms with Gasteiger partial charge in [-0.05, 0) is 31.5 Å². The summed E-state index contributed by atoms with van der Waals surface area (Å²) in [6, 6.07) is 4.45. The van der Waals surface area contributed by atoms with Crippen molar-refractivity contribution in [1.82, 2.24) is 5.32 Å². The van der Waals surface area contributed by atoms with E-state index in [2.05, 4.69) is 10.6 Å². The first-order valence-electron chi connectivity index (χ1n) is 4.92. The first kappa shape index (κ1) is 13.8. The smallest absolute Gasteiger partial charge is 0.307 e. The number of urea groups is 1. The lowest BCUT2D eigenvalue weighted by Gasteiger charge is -2.10. The third kappa shape index (κ3) is 4.24. The van der Waals surface area contributed by atoms with Crippen LogP contribution in [0.2, 0.25) is 5.02 Å². The molecule has 3 amide bonds. The van der Waals surface area contributed by atoms with E-state index in [9.17, 15) is 9.59 Å². The van der Waals surface area contributed by atoms with Gasteiger partial charge in [-0.25, -0.2) is 4.79 Å². The van der Waals surface area contributed by atoms with Crippen LogP contribution in [0.5, 0.6) is 0 Å². The lowest BCUT2D eigenvalue weighted by molar-refractivity contribution is -0.119. The second-order valence-electron chi connectivity index (χ2n) is 3.52. The molecule has 92 valence electrons. The normalized spacial score (nSPS) is 11.8. The number of amides is 3.